The standard InChI is InChI=1S/C11H9BF4N3S/c1-7-6-20-11(18-7)19-17-5-8-9(12(14,15)16)3-2-4-10(8)13/h2-6H,1H3,(H,18,19)/q-1. The minimum Gasteiger partial charge on any atom is -0.445 e. The Kier molecular flexibility index (Phi) is 4.08. The maximum atomic E-state index is 13.5. The van der Waals surface area contributed by atoms with E-state index in [-0.39, 0.29) is 0 Å². The van der Waals surface area contributed by atoms with E-state index in [4.69, 9.17) is 0 Å². The van der Waals surface area contributed by atoms with Crippen molar-refractivity contribution in [2.24, 2.45) is 5.10 Å². The third kappa shape index (κ3) is 3.35. The second kappa shape index (κ2) is 5.62. The molecule has 2 rings (SSSR count). The molecule has 0 fully saturated rings. The van der Waals surface area contributed by atoms with Crippen LogP contribution in [0.4, 0.5) is 22.5 Å². The summed E-state index contributed by atoms with van der Waals surface area (Å²) in [4.78, 5) is 4.02. The minimum absolute atomic E-state index is 0.425. The van der Waals surface area contributed by atoms with Gasteiger partial charge in [-0.25, -0.2) is 9.37 Å². The Morgan fingerprint density at radius 3 is 2.70 bits per heavy atom. The summed E-state index contributed by atoms with van der Waals surface area (Å²) in [6.07, 6.45) is 0.816. The van der Waals surface area contributed by atoms with Crippen molar-refractivity contribution in [3.63, 3.8) is 0 Å². The minimum atomic E-state index is -5.30. The molecular formula is C11H9BF4N3S-. The van der Waals surface area contributed by atoms with Crippen molar-refractivity contribution in [3.8, 4) is 0 Å². The third-order valence-corrected chi connectivity index (χ3v) is 3.28. The van der Waals surface area contributed by atoms with Gasteiger partial charge >= 0.3 is 6.98 Å². The van der Waals surface area contributed by atoms with Crippen LogP contribution in [0.5, 0.6) is 0 Å². The Hall–Kier alpha value is -1.90. The summed E-state index contributed by atoms with van der Waals surface area (Å²) >= 11 is 1.25. The van der Waals surface area contributed by atoms with E-state index in [2.05, 4.69) is 15.5 Å². The van der Waals surface area contributed by atoms with E-state index in [1.165, 1.54) is 11.3 Å². The summed E-state index contributed by atoms with van der Waals surface area (Å²) in [6.45, 7) is -3.53. The van der Waals surface area contributed by atoms with Gasteiger partial charge in [-0.05, 0) is 13.0 Å². The molecule has 106 valence electrons. The Bertz CT molecular complexity index is 639. The van der Waals surface area contributed by atoms with Gasteiger partial charge in [0.05, 0.1) is 11.9 Å². The highest BCUT2D eigenvalue weighted by Crippen LogP contribution is 2.15. The number of hydrazone groups is 1. The van der Waals surface area contributed by atoms with Crippen LogP contribution in [0.1, 0.15) is 11.3 Å². The molecule has 3 nitrogen and oxygen atoms in total. The predicted molar refractivity (Wildman–Crippen MR) is 73.2 cm³/mol. The number of aromatic nitrogens is 1. The fourth-order valence-electron chi connectivity index (χ4n) is 1.53. The molecule has 2 aromatic rings. The summed E-state index contributed by atoms with van der Waals surface area (Å²) in [5.74, 6) is -0.970. The quantitative estimate of drug-likeness (QED) is 0.408. The molecule has 0 aliphatic rings. The predicted octanol–water partition coefficient (Wildman–Crippen LogP) is 3.09. The van der Waals surface area contributed by atoms with Gasteiger partial charge in [0.15, 0.2) is 0 Å². The lowest BCUT2D eigenvalue weighted by molar-refractivity contribution is 0.500. The first-order valence-electron chi connectivity index (χ1n) is 5.57. The number of aryl methyl sites for hydroxylation is 1. The Balaban J connectivity index is 2.24. The van der Waals surface area contributed by atoms with Gasteiger partial charge in [0.1, 0.15) is 5.82 Å². The summed E-state index contributed by atoms with van der Waals surface area (Å²) in [5.41, 5.74) is 1.64. The second-order valence-electron chi connectivity index (χ2n) is 3.98. The average molecular weight is 302 g/mol. The molecule has 0 amide bonds. The highest BCUT2D eigenvalue weighted by atomic mass is 32.1. The number of nitrogens with zero attached hydrogens (tertiary/aromatic N) is 2. The van der Waals surface area contributed by atoms with Gasteiger partial charge in [-0.2, -0.15) is 5.10 Å². The zero-order valence-corrected chi connectivity index (χ0v) is 11.1. The van der Waals surface area contributed by atoms with Crippen molar-refractivity contribution < 1.29 is 17.3 Å². The lowest BCUT2D eigenvalue weighted by atomic mass is 9.77. The van der Waals surface area contributed by atoms with Crippen LogP contribution in [0.25, 0.3) is 0 Å². The van der Waals surface area contributed by atoms with Crippen LogP contribution in [0, 0.1) is 12.7 Å². The highest BCUT2D eigenvalue weighted by molar-refractivity contribution is 7.13. The largest absolute Gasteiger partial charge is 0.510 e. The van der Waals surface area contributed by atoms with Crippen molar-refractivity contribution >= 4 is 35.1 Å². The molecule has 9 heteroatoms. The summed E-state index contributed by atoms with van der Waals surface area (Å²) in [7, 11) is 0. The van der Waals surface area contributed by atoms with E-state index < -0.39 is 23.8 Å². The van der Waals surface area contributed by atoms with Gasteiger partial charge in [0.25, 0.3) is 0 Å². The maximum Gasteiger partial charge on any atom is 0.510 e. The Morgan fingerprint density at radius 2 is 2.10 bits per heavy atom. The molecule has 0 radical (unpaired) electrons. The van der Waals surface area contributed by atoms with E-state index in [0.29, 0.717) is 5.13 Å². The first-order valence-corrected chi connectivity index (χ1v) is 6.45. The van der Waals surface area contributed by atoms with Crippen molar-refractivity contribution in [2.75, 3.05) is 5.43 Å². The fraction of sp³-hybridized carbons (Fsp3) is 0.0909. The van der Waals surface area contributed by atoms with Gasteiger partial charge in [-0.3, -0.25) is 5.43 Å². The van der Waals surface area contributed by atoms with Crippen molar-refractivity contribution in [3.05, 3.63) is 40.7 Å². The number of rotatable bonds is 4. The van der Waals surface area contributed by atoms with Crippen LogP contribution in [-0.4, -0.2) is 18.2 Å². The van der Waals surface area contributed by atoms with E-state index >= 15 is 0 Å². The zero-order chi connectivity index (χ0) is 14.8. The van der Waals surface area contributed by atoms with Gasteiger partial charge in [0.2, 0.25) is 5.13 Å². The molecule has 1 aromatic carbocycles. The maximum absolute atomic E-state index is 13.5. The first kappa shape index (κ1) is 14.5. The summed E-state index contributed by atoms with van der Waals surface area (Å²) in [5, 5.41) is 5.78. The van der Waals surface area contributed by atoms with Crippen molar-refractivity contribution in [1.82, 2.24) is 4.98 Å². The van der Waals surface area contributed by atoms with E-state index in [1.54, 1.807) is 12.3 Å². The normalized spacial score (nSPS) is 12.1. The van der Waals surface area contributed by atoms with Crippen LogP contribution < -0.4 is 10.9 Å². The molecular weight excluding hydrogens is 293 g/mol. The Morgan fingerprint density at radius 1 is 1.35 bits per heavy atom. The SMILES string of the molecule is Cc1csc(NN=Cc2c(F)cccc2[B-](F)(F)F)n1. The van der Waals surface area contributed by atoms with Crippen molar-refractivity contribution in [2.45, 2.75) is 6.92 Å². The fourth-order valence-corrected chi connectivity index (χ4v) is 2.17. The number of hydrogen-bond acceptors (Lipinski definition) is 4. The third-order valence-electron chi connectivity index (χ3n) is 2.41. The number of halogens is 4. The number of benzene rings is 1. The number of hydrogen-bond donors (Lipinski definition) is 1. The molecule has 0 aliphatic heterocycles. The second-order valence-corrected chi connectivity index (χ2v) is 4.84. The van der Waals surface area contributed by atoms with Gasteiger partial charge in [-0.15, -0.1) is 11.3 Å². The molecule has 1 heterocycles. The zero-order valence-electron chi connectivity index (χ0n) is 10.3. The Labute approximate surface area is 116 Å². The molecule has 0 aliphatic carbocycles. The number of anilines is 1. The number of nitrogens with one attached hydrogen (secondary N) is 1. The highest BCUT2D eigenvalue weighted by Gasteiger charge is 2.29. The van der Waals surface area contributed by atoms with Gasteiger partial charge in [0, 0.05) is 10.9 Å². The van der Waals surface area contributed by atoms with Crippen LogP contribution >= 0.6 is 11.3 Å². The molecule has 0 bridgehead atoms. The number of thiazole rings is 1. The molecule has 20 heavy (non-hydrogen) atoms. The van der Waals surface area contributed by atoms with E-state index in [1.807, 2.05) is 0 Å². The average Bonchev–Trinajstić information content (AvgIpc) is 2.76. The lowest BCUT2D eigenvalue weighted by Crippen LogP contribution is -2.37. The van der Waals surface area contributed by atoms with Crippen molar-refractivity contribution in [1.29, 1.82) is 0 Å². The monoisotopic (exact) mass is 302 g/mol. The molecule has 0 atom stereocenters. The van der Waals surface area contributed by atoms with Crippen LogP contribution in [0.3, 0.4) is 0 Å². The molecule has 0 unspecified atom stereocenters. The van der Waals surface area contributed by atoms with Crippen LogP contribution in [-0.2, 0) is 0 Å². The van der Waals surface area contributed by atoms with Gasteiger partial charge in [-0.1, -0.05) is 17.6 Å². The molecule has 0 saturated heterocycles. The molecule has 0 saturated carbocycles. The van der Waals surface area contributed by atoms with E-state index in [0.717, 1.165) is 30.1 Å². The summed E-state index contributed by atoms with van der Waals surface area (Å²) in [6, 6.07) is 2.81. The smallest absolute Gasteiger partial charge is 0.445 e. The topological polar surface area (TPSA) is 37.3 Å². The van der Waals surface area contributed by atoms with Gasteiger partial charge < -0.3 is 12.9 Å². The van der Waals surface area contributed by atoms with Crippen LogP contribution in [0.2, 0.25) is 0 Å². The van der Waals surface area contributed by atoms with Crippen LogP contribution in [0.15, 0.2) is 28.7 Å². The van der Waals surface area contributed by atoms with E-state index in [9.17, 15) is 17.3 Å². The molecule has 0 spiro atoms. The first-order chi connectivity index (χ1) is 9.38. The lowest BCUT2D eigenvalue weighted by Gasteiger charge is -2.17. The molecule has 1 aromatic heterocycles. The molecule has 1 N–H and O–H groups in total. The summed E-state index contributed by atoms with van der Waals surface area (Å²) < 4.78 is 51.8.